The summed E-state index contributed by atoms with van der Waals surface area (Å²) in [4.78, 5) is 10.0. The lowest BCUT2D eigenvalue weighted by molar-refractivity contribution is -0.105. The molecule has 0 unspecified atom stereocenters. The van der Waals surface area contributed by atoms with E-state index in [0.717, 1.165) is 25.7 Å². The zero-order valence-corrected chi connectivity index (χ0v) is 7.85. The third kappa shape index (κ3) is 2.93. The largest absolute Gasteiger partial charge is 0.302 e. The zero-order valence-electron chi connectivity index (χ0n) is 7.03. The van der Waals surface area contributed by atoms with Gasteiger partial charge in [0.2, 0.25) is 0 Å². The van der Waals surface area contributed by atoms with Gasteiger partial charge in [-0.05, 0) is 18.8 Å². The highest BCUT2D eigenvalue weighted by molar-refractivity contribution is 7.92. The van der Waals surface area contributed by atoms with Crippen molar-refractivity contribution in [2.24, 2.45) is 5.92 Å². The molecule has 0 aromatic rings. The molecule has 1 fully saturated rings. The number of hydrogen-bond acceptors (Lipinski definition) is 3. The smallest absolute Gasteiger partial charge is 0.157 e. The normalized spacial score (nSPS) is 19.7. The maximum Gasteiger partial charge on any atom is 0.157 e. The molecule has 0 N–H and O–H groups in total. The van der Waals surface area contributed by atoms with Crippen LogP contribution in [0.25, 0.3) is 0 Å². The number of carbonyl (C=O) groups excluding carboxylic acids is 1. The van der Waals surface area contributed by atoms with Gasteiger partial charge < -0.3 is 4.79 Å². The summed E-state index contributed by atoms with van der Waals surface area (Å²) in [6.45, 7) is 0. The Bertz CT molecular complexity index is 237. The van der Waals surface area contributed by atoms with E-state index in [1.54, 1.807) is 0 Å². The van der Waals surface area contributed by atoms with Crippen LogP contribution in [0.5, 0.6) is 0 Å². The Morgan fingerprint density at radius 3 is 2.33 bits per heavy atom. The van der Waals surface area contributed by atoms with E-state index < -0.39 is 9.84 Å². The predicted octanol–water partition coefficient (Wildman–Crippen LogP) is 0.790. The van der Waals surface area contributed by atoms with Gasteiger partial charge in [0.25, 0.3) is 0 Å². The van der Waals surface area contributed by atoms with Gasteiger partial charge in [-0.25, -0.2) is 8.42 Å². The Kier molecular flexibility index (Phi) is 3.26. The molecule has 0 spiro atoms. The van der Waals surface area contributed by atoms with Gasteiger partial charge in [0, 0.05) is 0 Å². The molecule has 12 heavy (non-hydrogen) atoms. The highest BCUT2D eigenvalue weighted by Gasteiger charge is 2.21. The van der Waals surface area contributed by atoms with Crippen LogP contribution in [0.1, 0.15) is 25.7 Å². The van der Waals surface area contributed by atoms with Crippen LogP contribution in [0.2, 0.25) is 0 Å². The molecule has 70 valence electrons. The first-order chi connectivity index (χ1) is 5.64. The average molecular weight is 190 g/mol. The molecule has 1 aliphatic rings. The second-order valence-electron chi connectivity index (χ2n) is 3.39. The summed E-state index contributed by atoms with van der Waals surface area (Å²) in [7, 11) is -3.08. The lowest BCUT2D eigenvalue weighted by Gasteiger charge is -2.06. The number of sulfone groups is 1. The van der Waals surface area contributed by atoms with Crippen LogP contribution < -0.4 is 0 Å². The first kappa shape index (κ1) is 9.71. The molecule has 0 bridgehead atoms. The van der Waals surface area contributed by atoms with Gasteiger partial charge in [0.05, 0.1) is 5.75 Å². The molecule has 1 rings (SSSR count). The Morgan fingerprint density at radius 1 is 1.25 bits per heavy atom. The molecular formula is C8H14O3S. The van der Waals surface area contributed by atoms with Crippen LogP contribution in [-0.4, -0.2) is 26.2 Å². The number of carbonyl (C=O) groups is 1. The number of aldehydes is 1. The van der Waals surface area contributed by atoms with Crippen LogP contribution in [0, 0.1) is 5.92 Å². The van der Waals surface area contributed by atoms with Gasteiger partial charge in [-0.3, -0.25) is 0 Å². The van der Waals surface area contributed by atoms with Crippen molar-refractivity contribution in [3.63, 3.8) is 0 Å². The molecule has 0 amide bonds. The van der Waals surface area contributed by atoms with Crippen LogP contribution in [0.3, 0.4) is 0 Å². The molecule has 1 saturated carbocycles. The molecule has 1 aliphatic carbocycles. The summed E-state index contributed by atoms with van der Waals surface area (Å²) in [6.07, 6.45) is 4.78. The van der Waals surface area contributed by atoms with E-state index in [0.29, 0.717) is 12.2 Å². The number of rotatable bonds is 4. The van der Waals surface area contributed by atoms with Crippen molar-refractivity contribution in [1.29, 1.82) is 0 Å². The van der Waals surface area contributed by atoms with Crippen molar-refractivity contribution in [3.05, 3.63) is 0 Å². The molecule has 4 heteroatoms. The van der Waals surface area contributed by atoms with E-state index in [9.17, 15) is 13.2 Å². The molecular weight excluding hydrogens is 176 g/mol. The maximum atomic E-state index is 11.2. The summed E-state index contributed by atoms with van der Waals surface area (Å²) >= 11 is 0. The summed E-state index contributed by atoms with van der Waals surface area (Å²) in [5.41, 5.74) is 0. The molecule has 0 saturated heterocycles. The standard InChI is InChI=1S/C8H14O3S/c9-5-6-12(10,11)7-8-3-1-2-4-8/h5,8H,1-4,6-7H2. The van der Waals surface area contributed by atoms with Gasteiger partial charge >= 0.3 is 0 Å². The minimum atomic E-state index is -3.08. The fourth-order valence-corrected chi connectivity index (χ4v) is 3.10. The monoisotopic (exact) mass is 190 g/mol. The third-order valence-corrected chi connectivity index (χ3v) is 3.91. The lowest BCUT2D eigenvalue weighted by atomic mass is 10.1. The van der Waals surface area contributed by atoms with Gasteiger partial charge in [0.1, 0.15) is 12.0 Å². The minimum absolute atomic E-state index is 0.214. The van der Waals surface area contributed by atoms with Crippen molar-refractivity contribution in [2.75, 3.05) is 11.5 Å². The van der Waals surface area contributed by atoms with E-state index in [1.165, 1.54) is 0 Å². The maximum absolute atomic E-state index is 11.2. The van der Waals surface area contributed by atoms with E-state index in [4.69, 9.17) is 0 Å². The van der Waals surface area contributed by atoms with E-state index in [1.807, 2.05) is 0 Å². The predicted molar refractivity (Wildman–Crippen MR) is 46.7 cm³/mol. The summed E-state index contributed by atoms with van der Waals surface area (Å²) in [5.74, 6) is 0.227. The summed E-state index contributed by atoms with van der Waals surface area (Å²) in [5, 5.41) is 0. The van der Waals surface area contributed by atoms with Crippen molar-refractivity contribution < 1.29 is 13.2 Å². The average Bonchev–Trinajstić information content (AvgIpc) is 2.38. The Morgan fingerprint density at radius 2 is 1.83 bits per heavy atom. The Balaban J connectivity index is 2.43. The fourth-order valence-electron chi connectivity index (χ4n) is 1.71. The minimum Gasteiger partial charge on any atom is -0.302 e. The molecule has 0 atom stereocenters. The van der Waals surface area contributed by atoms with Crippen molar-refractivity contribution in [1.82, 2.24) is 0 Å². The Labute approximate surface area is 73.1 Å². The summed E-state index contributed by atoms with van der Waals surface area (Å²) < 4.78 is 22.3. The topological polar surface area (TPSA) is 51.2 Å². The second-order valence-corrected chi connectivity index (χ2v) is 5.55. The van der Waals surface area contributed by atoms with E-state index in [2.05, 4.69) is 0 Å². The second kappa shape index (κ2) is 4.03. The van der Waals surface area contributed by atoms with Crippen LogP contribution in [0.15, 0.2) is 0 Å². The van der Waals surface area contributed by atoms with Gasteiger partial charge in [0.15, 0.2) is 9.84 Å². The van der Waals surface area contributed by atoms with E-state index >= 15 is 0 Å². The lowest BCUT2D eigenvalue weighted by Crippen LogP contribution is -2.17. The van der Waals surface area contributed by atoms with Crippen molar-refractivity contribution in [3.8, 4) is 0 Å². The molecule has 0 aliphatic heterocycles. The fraction of sp³-hybridized carbons (Fsp3) is 0.875. The van der Waals surface area contributed by atoms with Gasteiger partial charge in [-0.15, -0.1) is 0 Å². The molecule has 0 radical (unpaired) electrons. The SMILES string of the molecule is O=CCS(=O)(=O)CC1CCCC1. The third-order valence-electron chi connectivity index (χ3n) is 2.29. The van der Waals surface area contributed by atoms with E-state index in [-0.39, 0.29) is 11.5 Å². The van der Waals surface area contributed by atoms with Crippen molar-refractivity contribution in [2.45, 2.75) is 25.7 Å². The zero-order chi connectivity index (χ0) is 9.03. The van der Waals surface area contributed by atoms with Crippen molar-refractivity contribution >= 4 is 16.1 Å². The van der Waals surface area contributed by atoms with Crippen LogP contribution >= 0.6 is 0 Å². The molecule has 0 aromatic carbocycles. The van der Waals surface area contributed by atoms with Crippen LogP contribution in [0.4, 0.5) is 0 Å². The quantitative estimate of drug-likeness (QED) is 0.616. The number of hydrogen-bond donors (Lipinski definition) is 0. The highest BCUT2D eigenvalue weighted by atomic mass is 32.2. The molecule has 0 aromatic heterocycles. The highest BCUT2D eigenvalue weighted by Crippen LogP contribution is 2.25. The van der Waals surface area contributed by atoms with Gasteiger partial charge in [-0.1, -0.05) is 12.8 Å². The molecule has 0 heterocycles. The summed E-state index contributed by atoms with van der Waals surface area (Å²) in [6, 6.07) is 0. The Hall–Kier alpha value is -0.380. The molecule has 3 nitrogen and oxygen atoms in total. The van der Waals surface area contributed by atoms with Gasteiger partial charge in [-0.2, -0.15) is 0 Å². The van der Waals surface area contributed by atoms with Crippen LogP contribution in [-0.2, 0) is 14.6 Å². The first-order valence-electron chi connectivity index (χ1n) is 4.28. The first-order valence-corrected chi connectivity index (χ1v) is 6.10.